The van der Waals surface area contributed by atoms with Gasteiger partial charge in [0.1, 0.15) is 5.83 Å². The van der Waals surface area contributed by atoms with Crippen LogP contribution in [0.4, 0.5) is 4.39 Å². The van der Waals surface area contributed by atoms with Gasteiger partial charge < -0.3 is 0 Å². The molecule has 1 aliphatic rings. The molecule has 1 aromatic carbocycles. The van der Waals surface area contributed by atoms with Crippen LogP contribution < -0.4 is 0 Å². The second kappa shape index (κ2) is 10.4. The van der Waals surface area contributed by atoms with E-state index >= 15 is 0 Å². The number of halogens is 1. The molecule has 0 radical (unpaired) electrons. The number of aromatic nitrogens is 1. The maximum Gasteiger partial charge on any atom is 0.107 e. The number of rotatable bonds is 2. The van der Waals surface area contributed by atoms with Crippen molar-refractivity contribution in [2.45, 2.75) is 74.7 Å². The van der Waals surface area contributed by atoms with Crippen molar-refractivity contribution in [1.82, 2.24) is 4.98 Å². The highest BCUT2D eigenvalue weighted by atomic mass is 19.1. The Morgan fingerprint density at radius 2 is 1.73 bits per heavy atom. The highest BCUT2D eigenvalue weighted by Crippen LogP contribution is 2.40. The van der Waals surface area contributed by atoms with E-state index in [1.807, 2.05) is 53.7 Å². The van der Waals surface area contributed by atoms with Crippen LogP contribution in [0.5, 0.6) is 0 Å². The largest absolute Gasteiger partial charge is 0.253 e. The highest BCUT2D eigenvalue weighted by molar-refractivity contribution is 5.87. The fourth-order valence-corrected chi connectivity index (χ4v) is 3.71. The third kappa shape index (κ3) is 4.93. The number of aryl methyl sites for hydroxylation is 2. The molecule has 2 aromatic rings. The van der Waals surface area contributed by atoms with E-state index in [0.717, 1.165) is 47.0 Å². The van der Waals surface area contributed by atoms with Crippen molar-refractivity contribution in [3.63, 3.8) is 0 Å². The van der Waals surface area contributed by atoms with Gasteiger partial charge in [0.05, 0.1) is 5.52 Å². The number of nitrogens with zero attached hydrogens (tertiary/aromatic N) is 1. The second-order valence-corrected chi connectivity index (χ2v) is 6.78. The molecule has 0 N–H and O–H groups in total. The van der Waals surface area contributed by atoms with Gasteiger partial charge in [0.25, 0.3) is 0 Å². The van der Waals surface area contributed by atoms with Crippen LogP contribution in [0.3, 0.4) is 0 Å². The van der Waals surface area contributed by atoms with Gasteiger partial charge >= 0.3 is 0 Å². The Morgan fingerprint density at radius 1 is 1.08 bits per heavy atom. The number of hydrogen-bond donors (Lipinski definition) is 0. The van der Waals surface area contributed by atoms with E-state index < -0.39 is 0 Å². The predicted molar refractivity (Wildman–Crippen MR) is 114 cm³/mol. The van der Waals surface area contributed by atoms with Crippen molar-refractivity contribution in [3.05, 3.63) is 46.9 Å². The summed E-state index contributed by atoms with van der Waals surface area (Å²) in [6.45, 7) is 16.4. The summed E-state index contributed by atoms with van der Waals surface area (Å²) < 4.78 is 14.6. The Hall–Kier alpha value is -1.70. The smallest absolute Gasteiger partial charge is 0.107 e. The van der Waals surface area contributed by atoms with E-state index in [-0.39, 0.29) is 11.7 Å². The van der Waals surface area contributed by atoms with Crippen molar-refractivity contribution in [3.8, 4) is 0 Å². The molecular weight excluding hydrogens is 321 g/mol. The SMILES string of the molecule is CC.CC.CCc1cc(C)nc2ccc(C3=C(F)C(C)CC(C)C3)cc12. The molecule has 0 saturated carbocycles. The Kier molecular flexibility index (Phi) is 8.98. The van der Waals surface area contributed by atoms with Crippen molar-refractivity contribution >= 4 is 16.5 Å². The van der Waals surface area contributed by atoms with Gasteiger partial charge in [-0.15, -0.1) is 0 Å². The predicted octanol–water partition coefficient (Wildman–Crippen LogP) is 7.90. The molecule has 144 valence electrons. The van der Waals surface area contributed by atoms with Crippen LogP contribution in [0.2, 0.25) is 0 Å². The first-order valence-corrected chi connectivity index (χ1v) is 10.3. The first-order chi connectivity index (χ1) is 12.5. The lowest BCUT2D eigenvalue weighted by Gasteiger charge is -2.26. The molecule has 2 atom stereocenters. The monoisotopic (exact) mass is 357 g/mol. The molecule has 0 spiro atoms. The number of benzene rings is 1. The average molecular weight is 358 g/mol. The second-order valence-electron chi connectivity index (χ2n) is 6.78. The van der Waals surface area contributed by atoms with E-state index in [2.05, 4.69) is 31.0 Å². The van der Waals surface area contributed by atoms with Crippen molar-refractivity contribution in [1.29, 1.82) is 0 Å². The lowest BCUT2D eigenvalue weighted by Crippen LogP contribution is -2.13. The maximum atomic E-state index is 14.6. The Bertz CT molecular complexity index is 745. The van der Waals surface area contributed by atoms with Crippen LogP contribution in [0.15, 0.2) is 30.1 Å². The van der Waals surface area contributed by atoms with Crippen molar-refractivity contribution in [2.75, 3.05) is 0 Å². The number of allylic oxidation sites excluding steroid dienone is 2. The van der Waals surface area contributed by atoms with Gasteiger partial charge in [0, 0.05) is 17.0 Å². The minimum atomic E-state index is 0.0382. The normalized spacial score (nSPS) is 19.4. The lowest BCUT2D eigenvalue weighted by atomic mass is 9.80. The highest BCUT2D eigenvalue weighted by Gasteiger charge is 2.25. The molecular formula is C24H36FN. The minimum Gasteiger partial charge on any atom is -0.253 e. The van der Waals surface area contributed by atoms with Gasteiger partial charge in [-0.3, -0.25) is 4.98 Å². The molecule has 1 nitrogen and oxygen atoms in total. The summed E-state index contributed by atoms with van der Waals surface area (Å²) in [4.78, 5) is 4.61. The van der Waals surface area contributed by atoms with Gasteiger partial charge in [-0.1, -0.05) is 54.5 Å². The first-order valence-electron chi connectivity index (χ1n) is 10.3. The molecule has 0 amide bonds. The fourth-order valence-electron chi connectivity index (χ4n) is 3.71. The Morgan fingerprint density at radius 3 is 2.35 bits per heavy atom. The first kappa shape index (κ1) is 22.3. The summed E-state index contributed by atoms with van der Waals surface area (Å²) in [7, 11) is 0. The van der Waals surface area contributed by atoms with Crippen molar-refractivity contribution < 1.29 is 4.39 Å². The number of pyridine rings is 1. The van der Waals surface area contributed by atoms with E-state index in [0.29, 0.717) is 5.92 Å². The van der Waals surface area contributed by atoms with Crippen LogP contribution in [0.25, 0.3) is 16.5 Å². The zero-order valence-electron chi connectivity index (χ0n) is 17.9. The fraction of sp³-hybridized carbons (Fsp3) is 0.542. The van der Waals surface area contributed by atoms with E-state index in [4.69, 9.17) is 0 Å². The third-order valence-corrected chi connectivity index (χ3v) is 4.78. The molecule has 1 aromatic heterocycles. The Labute approximate surface area is 159 Å². The maximum absolute atomic E-state index is 14.6. The van der Waals surface area contributed by atoms with Gasteiger partial charge in [-0.2, -0.15) is 0 Å². The summed E-state index contributed by atoms with van der Waals surface area (Å²) in [5.41, 5.74) is 5.28. The molecule has 0 aliphatic heterocycles. The van der Waals surface area contributed by atoms with E-state index in [9.17, 15) is 4.39 Å². The summed E-state index contributed by atoms with van der Waals surface area (Å²) in [6, 6.07) is 8.36. The zero-order chi connectivity index (χ0) is 19.9. The standard InChI is InChI=1S/C20H24FN.2C2H6/c1-5-15-10-14(4)22-19-7-6-16(11-17(15)19)18-9-12(2)8-13(3)20(18)21;2*1-2/h6-7,10-13H,5,8-9H2,1-4H3;2*1-2H3. The van der Waals surface area contributed by atoms with E-state index in [1.165, 1.54) is 5.56 Å². The molecule has 2 heteroatoms. The van der Waals surface area contributed by atoms with Gasteiger partial charge in [-0.05, 0) is 67.0 Å². The summed E-state index contributed by atoms with van der Waals surface area (Å²) in [6.07, 6.45) is 2.75. The lowest BCUT2D eigenvalue weighted by molar-refractivity contribution is 0.374. The molecule has 0 bridgehead atoms. The summed E-state index contributed by atoms with van der Waals surface area (Å²) >= 11 is 0. The third-order valence-electron chi connectivity index (χ3n) is 4.78. The summed E-state index contributed by atoms with van der Waals surface area (Å²) in [5, 5.41) is 1.16. The Balaban J connectivity index is 0.000000791. The van der Waals surface area contributed by atoms with Crippen LogP contribution in [0, 0.1) is 18.8 Å². The van der Waals surface area contributed by atoms with Crippen LogP contribution in [0.1, 0.15) is 78.1 Å². The van der Waals surface area contributed by atoms with Crippen LogP contribution in [-0.2, 0) is 6.42 Å². The molecule has 1 heterocycles. The summed E-state index contributed by atoms with van der Waals surface area (Å²) in [5.74, 6) is 0.661. The molecule has 26 heavy (non-hydrogen) atoms. The van der Waals surface area contributed by atoms with Gasteiger partial charge in [0.2, 0.25) is 0 Å². The molecule has 0 saturated heterocycles. The number of fused-ring (bicyclic) bond motifs is 1. The average Bonchev–Trinajstić information content (AvgIpc) is 2.66. The van der Waals surface area contributed by atoms with Crippen LogP contribution >= 0.6 is 0 Å². The quantitative estimate of drug-likeness (QED) is 0.532. The van der Waals surface area contributed by atoms with Crippen molar-refractivity contribution in [2.24, 2.45) is 11.8 Å². The molecule has 3 rings (SSSR count). The number of hydrogen-bond acceptors (Lipinski definition) is 1. The molecule has 1 aliphatic carbocycles. The topological polar surface area (TPSA) is 12.9 Å². The van der Waals surface area contributed by atoms with Gasteiger partial charge in [-0.25, -0.2) is 4.39 Å². The zero-order valence-corrected chi connectivity index (χ0v) is 17.9. The molecule has 0 fully saturated rings. The minimum absolute atomic E-state index is 0.0382. The van der Waals surface area contributed by atoms with Gasteiger partial charge in [0.15, 0.2) is 0 Å². The van der Waals surface area contributed by atoms with E-state index in [1.54, 1.807) is 0 Å². The molecule has 2 unspecified atom stereocenters. The van der Waals surface area contributed by atoms with Crippen LogP contribution in [-0.4, -0.2) is 4.98 Å².